The van der Waals surface area contributed by atoms with Crippen molar-refractivity contribution in [2.45, 2.75) is 20.8 Å². The maximum absolute atomic E-state index is 11.1. The lowest BCUT2D eigenvalue weighted by molar-refractivity contribution is -0.135. The van der Waals surface area contributed by atoms with E-state index in [1.54, 1.807) is 20.8 Å². The minimum Gasteiger partial charge on any atom is -0.478 e. The van der Waals surface area contributed by atoms with Gasteiger partial charge in [0.1, 0.15) is 5.75 Å². The Labute approximate surface area is 104 Å². The molecule has 5 heteroatoms. The Bertz CT molecular complexity index is 543. The van der Waals surface area contributed by atoms with E-state index >= 15 is 0 Å². The zero-order chi connectivity index (χ0) is 14.0. The fraction of sp³-hybridized carbons (Fsp3) is 0.231. The van der Waals surface area contributed by atoms with Gasteiger partial charge >= 0.3 is 11.9 Å². The molecular weight excluding hydrogens is 236 g/mol. The van der Waals surface area contributed by atoms with Crippen LogP contribution in [0.2, 0.25) is 0 Å². The van der Waals surface area contributed by atoms with Crippen LogP contribution in [0.3, 0.4) is 0 Å². The largest absolute Gasteiger partial charge is 0.478 e. The molecule has 0 bridgehead atoms. The molecule has 0 heterocycles. The van der Waals surface area contributed by atoms with E-state index in [1.165, 1.54) is 6.07 Å². The molecule has 1 aromatic rings. The van der Waals surface area contributed by atoms with E-state index in [0.29, 0.717) is 16.7 Å². The third-order valence-electron chi connectivity index (χ3n) is 2.73. The van der Waals surface area contributed by atoms with Crippen molar-refractivity contribution in [3.63, 3.8) is 0 Å². The highest BCUT2D eigenvalue weighted by atomic mass is 16.5. The highest BCUT2D eigenvalue weighted by molar-refractivity contribution is 5.91. The number of aryl methyl sites for hydroxylation is 1. The number of aliphatic carboxylic acids is 1. The number of hydrogen-bond acceptors (Lipinski definition) is 3. The van der Waals surface area contributed by atoms with E-state index in [-0.39, 0.29) is 11.3 Å². The molecule has 0 amide bonds. The van der Waals surface area contributed by atoms with Gasteiger partial charge in [0.05, 0.1) is 5.56 Å². The summed E-state index contributed by atoms with van der Waals surface area (Å²) in [6.07, 6.45) is 0. The number of rotatable bonds is 4. The molecule has 0 unspecified atom stereocenters. The SMILES string of the molecule is C=C(Oc1c(C)c(C)cc(C(=O)O)c1C)C(=O)O. The number of carboxylic acid groups (broad SMARTS) is 2. The normalized spacial score (nSPS) is 9.94. The van der Waals surface area contributed by atoms with Crippen LogP contribution in [0.25, 0.3) is 0 Å². The smallest absolute Gasteiger partial charge is 0.371 e. The summed E-state index contributed by atoms with van der Waals surface area (Å²) in [6.45, 7) is 8.30. The second-order valence-electron chi connectivity index (χ2n) is 3.96. The number of benzene rings is 1. The Kier molecular flexibility index (Phi) is 3.76. The van der Waals surface area contributed by atoms with Crippen molar-refractivity contribution in [1.29, 1.82) is 0 Å². The van der Waals surface area contributed by atoms with Gasteiger partial charge < -0.3 is 14.9 Å². The first-order valence-corrected chi connectivity index (χ1v) is 5.19. The fourth-order valence-corrected chi connectivity index (χ4v) is 1.56. The highest BCUT2D eigenvalue weighted by Gasteiger charge is 2.18. The minimum atomic E-state index is -1.29. The van der Waals surface area contributed by atoms with Crippen molar-refractivity contribution in [2.75, 3.05) is 0 Å². The summed E-state index contributed by atoms with van der Waals surface area (Å²) in [6, 6.07) is 1.53. The van der Waals surface area contributed by atoms with Gasteiger partial charge in [-0.25, -0.2) is 9.59 Å². The standard InChI is InChI=1S/C13H14O5/c1-6-5-10(13(16)17)8(3)11(7(6)2)18-9(4)12(14)15/h5H,4H2,1-3H3,(H,14,15)(H,16,17). The summed E-state index contributed by atoms with van der Waals surface area (Å²) in [5.74, 6) is -2.57. The number of carboxylic acids is 2. The Morgan fingerprint density at radius 3 is 2.17 bits per heavy atom. The third kappa shape index (κ3) is 2.51. The predicted molar refractivity (Wildman–Crippen MR) is 65.0 cm³/mol. The van der Waals surface area contributed by atoms with E-state index in [9.17, 15) is 9.59 Å². The summed E-state index contributed by atoms with van der Waals surface area (Å²) in [4.78, 5) is 21.8. The molecule has 96 valence electrons. The molecule has 0 spiro atoms. The number of hydrogen-bond donors (Lipinski definition) is 2. The zero-order valence-electron chi connectivity index (χ0n) is 10.4. The van der Waals surface area contributed by atoms with Crippen LogP contribution in [0.5, 0.6) is 5.75 Å². The molecule has 2 N–H and O–H groups in total. The van der Waals surface area contributed by atoms with E-state index in [1.807, 2.05) is 0 Å². The van der Waals surface area contributed by atoms with Crippen LogP contribution >= 0.6 is 0 Å². The van der Waals surface area contributed by atoms with Crippen LogP contribution in [0, 0.1) is 20.8 Å². The summed E-state index contributed by atoms with van der Waals surface area (Å²) >= 11 is 0. The van der Waals surface area contributed by atoms with Crippen molar-refractivity contribution in [3.05, 3.63) is 40.7 Å². The molecule has 0 radical (unpaired) electrons. The molecule has 0 fully saturated rings. The molecule has 5 nitrogen and oxygen atoms in total. The van der Waals surface area contributed by atoms with Gasteiger partial charge in [-0.1, -0.05) is 0 Å². The second kappa shape index (κ2) is 4.91. The van der Waals surface area contributed by atoms with Gasteiger partial charge in [0.2, 0.25) is 5.76 Å². The van der Waals surface area contributed by atoms with Gasteiger partial charge in [0.25, 0.3) is 0 Å². The van der Waals surface area contributed by atoms with Crippen molar-refractivity contribution in [3.8, 4) is 5.75 Å². The molecule has 0 aliphatic carbocycles. The van der Waals surface area contributed by atoms with Crippen molar-refractivity contribution in [2.24, 2.45) is 0 Å². The number of aromatic carboxylic acids is 1. The maximum Gasteiger partial charge on any atom is 0.371 e. The summed E-state index contributed by atoms with van der Waals surface area (Å²) in [7, 11) is 0. The molecule has 0 atom stereocenters. The molecule has 0 aliphatic heterocycles. The first kappa shape index (κ1) is 13.8. The predicted octanol–water partition coefficient (Wildman–Crippen LogP) is 2.29. The van der Waals surface area contributed by atoms with Crippen molar-refractivity contribution < 1.29 is 24.5 Å². The topological polar surface area (TPSA) is 83.8 Å². The Morgan fingerprint density at radius 2 is 1.72 bits per heavy atom. The molecule has 0 aliphatic rings. The Hall–Kier alpha value is -2.30. The van der Waals surface area contributed by atoms with Gasteiger partial charge in [-0.05, 0) is 44.5 Å². The van der Waals surface area contributed by atoms with Crippen LogP contribution in [-0.4, -0.2) is 22.2 Å². The van der Waals surface area contributed by atoms with Crippen LogP contribution < -0.4 is 4.74 Å². The monoisotopic (exact) mass is 250 g/mol. The maximum atomic E-state index is 11.1. The highest BCUT2D eigenvalue weighted by Crippen LogP contribution is 2.30. The van der Waals surface area contributed by atoms with E-state index < -0.39 is 17.7 Å². The Balaban J connectivity index is 3.38. The molecule has 0 saturated carbocycles. The molecule has 1 rings (SSSR count). The number of carbonyl (C=O) groups is 2. The van der Waals surface area contributed by atoms with Gasteiger partial charge in [-0.2, -0.15) is 0 Å². The van der Waals surface area contributed by atoms with Crippen LogP contribution in [0.4, 0.5) is 0 Å². The van der Waals surface area contributed by atoms with Crippen molar-refractivity contribution >= 4 is 11.9 Å². The summed E-state index contributed by atoms with van der Waals surface area (Å²) < 4.78 is 5.15. The van der Waals surface area contributed by atoms with Crippen LogP contribution in [0.15, 0.2) is 18.4 Å². The van der Waals surface area contributed by atoms with Crippen molar-refractivity contribution in [1.82, 2.24) is 0 Å². The van der Waals surface area contributed by atoms with Gasteiger partial charge in [-0.15, -0.1) is 0 Å². The average molecular weight is 250 g/mol. The molecule has 0 saturated heterocycles. The van der Waals surface area contributed by atoms with Crippen LogP contribution in [0.1, 0.15) is 27.0 Å². The van der Waals surface area contributed by atoms with Gasteiger partial charge in [-0.3, -0.25) is 0 Å². The lowest BCUT2D eigenvalue weighted by Crippen LogP contribution is -2.10. The molecule has 1 aromatic carbocycles. The first-order valence-electron chi connectivity index (χ1n) is 5.19. The van der Waals surface area contributed by atoms with E-state index in [0.717, 1.165) is 0 Å². The second-order valence-corrected chi connectivity index (χ2v) is 3.96. The third-order valence-corrected chi connectivity index (χ3v) is 2.73. The molecular formula is C13H14O5. The van der Waals surface area contributed by atoms with E-state index in [2.05, 4.69) is 6.58 Å². The lowest BCUT2D eigenvalue weighted by atomic mass is 9.99. The molecule has 18 heavy (non-hydrogen) atoms. The molecule has 0 aromatic heterocycles. The van der Waals surface area contributed by atoms with Gasteiger partial charge in [0.15, 0.2) is 0 Å². The van der Waals surface area contributed by atoms with Gasteiger partial charge in [0, 0.05) is 5.56 Å². The fourth-order valence-electron chi connectivity index (χ4n) is 1.56. The summed E-state index contributed by atoms with van der Waals surface area (Å²) in [5, 5.41) is 17.8. The number of ether oxygens (including phenoxy) is 1. The summed E-state index contributed by atoms with van der Waals surface area (Å²) in [5.41, 5.74) is 1.88. The quantitative estimate of drug-likeness (QED) is 0.632. The minimum absolute atomic E-state index is 0.0892. The average Bonchev–Trinajstić information content (AvgIpc) is 2.28. The van der Waals surface area contributed by atoms with E-state index in [4.69, 9.17) is 14.9 Å². The van der Waals surface area contributed by atoms with Crippen LogP contribution in [-0.2, 0) is 4.79 Å². The lowest BCUT2D eigenvalue weighted by Gasteiger charge is -2.15. The first-order chi connectivity index (χ1) is 8.25. The zero-order valence-corrected chi connectivity index (χ0v) is 10.4. The Morgan fingerprint density at radius 1 is 1.17 bits per heavy atom.